The predicted molar refractivity (Wildman–Crippen MR) is 138 cm³/mol. The van der Waals surface area contributed by atoms with Crippen LogP contribution < -0.4 is 5.32 Å². The Bertz CT molecular complexity index is 1480. The Kier molecular flexibility index (Phi) is 7.65. The lowest BCUT2D eigenvalue weighted by Crippen LogP contribution is -2.36. The molecule has 0 saturated carbocycles. The maximum atomic E-state index is 13.7. The SMILES string of the molecule is CC(c1ccc(Nc2nc(CN3CCOCC3)nc3cc(-c4ncccc4C(F)(F)F)ccc23)cc1)C(F)(F)F. The van der Waals surface area contributed by atoms with E-state index in [0.29, 0.717) is 61.1 Å². The monoisotopic (exact) mass is 561 g/mol. The predicted octanol–water partition coefficient (Wildman–Crippen LogP) is 6.95. The fraction of sp³-hybridized carbons (Fsp3) is 0.321. The van der Waals surface area contributed by atoms with Crippen LogP contribution in [0.3, 0.4) is 0 Å². The van der Waals surface area contributed by atoms with Gasteiger partial charge in [0.1, 0.15) is 11.6 Å². The molecule has 0 spiro atoms. The molecule has 6 nitrogen and oxygen atoms in total. The summed E-state index contributed by atoms with van der Waals surface area (Å²) in [5.74, 6) is -0.796. The molecular weight excluding hydrogens is 536 g/mol. The third kappa shape index (κ3) is 6.18. The zero-order valence-electron chi connectivity index (χ0n) is 21.4. The van der Waals surface area contributed by atoms with E-state index in [9.17, 15) is 26.3 Å². The number of pyridine rings is 1. The average Bonchev–Trinajstić information content (AvgIpc) is 2.92. The van der Waals surface area contributed by atoms with Crippen molar-refractivity contribution in [3.63, 3.8) is 0 Å². The first-order valence-corrected chi connectivity index (χ1v) is 12.6. The molecule has 1 N–H and O–H groups in total. The van der Waals surface area contributed by atoms with Crippen molar-refractivity contribution in [3.05, 3.63) is 77.7 Å². The quantitative estimate of drug-likeness (QED) is 0.257. The Hall–Kier alpha value is -3.77. The lowest BCUT2D eigenvalue weighted by molar-refractivity contribution is -0.146. The van der Waals surface area contributed by atoms with Gasteiger partial charge in [-0.05, 0) is 48.9 Å². The van der Waals surface area contributed by atoms with Crippen molar-refractivity contribution in [2.24, 2.45) is 0 Å². The second-order valence-corrected chi connectivity index (χ2v) is 9.52. The van der Waals surface area contributed by atoms with Crippen molar-refractivity contribution < 1.29 is 31.1 Å². The van der Waals surface area contributed by atoms with Gasteiger partial charge in [0, 0.05) is 35.9 Å². The van der Waals surface area contributed by atoms with Crippen LogP contribution in [0.2, 0.25) is 0 Å². The number of morpholine rings is 1. The molecule has 2 aromatic heterocycles. The maximum absolute atomic E-state index is 13.7. The maximum Gasteiger partial charge on any atom is 0.418 e. The molecule has 1 unspecified atom stereocenters. The van der Waals surface area contributed by atoms with Crippen LogP contribution in [0.15, 0.2) is 60.8 Å². The van der Waals surface area contributed by atoms with E-state index in [4.69, 9.17) is 4.74 Å². The summed E-state index contributed by atoms with van der Waals surface area (Å²) < 4.78 is 85.8. The summed E-state index contributed by atoms with van der Waals surface area (Å²) in [6.07, 6.45) is -7.65. The van der Waals surface area contributed by atoms with E-state index in [1.54, 1.807) is 6.07 Å². The van der Waals surface area contributed by atoms with Gasteiger partial charge in [-0.3, -0.25) is 9.88 Å². The van der Waals surface area contributed by atoms with E-state index in [-0.39, 0.29) is 16.8 Å². The van der Waals surface area contributed by atoms with Gasteiger partial charge >= 0.3 is 12.4 Å². The van der Waals surface area contributed by atoms with Gasteiger partial charge in [-0.1, -0.05) is 18.2 Å². The van der Waals surface area contributed by atoms with Crippen LogP contribution in [0.25, 0.3) is 22.2 Å². The minimum Gasteiger partial charge on any atom is -0.379 e. The Morgan fingerprint density at radius 3 is 2.35 bits per heavy atom. The minimum absolute atomic E-state index is 0.124. The highest BCUT2D eigenvalue weighted by atomic mass is 19.4. The second kappa shape index (κ2) is 11.0. The molecule has 0 aliphatic carbocycles. The van der Waals surface area contributed by atoms with E-state index in [1.165, 1.54) is 48.7 Å². The Morgan fingerprint density at radius 2 is 1.68 bits per heavy atom. The van der Waals surface area contributed by atoms with E-state index in [2.05, 4.69) is 25.2 Å². The Balaban J connectivity index is 1.54. The molecule has 12 heteroatoms. The van der Waals surface area contributed by atoms with Gasteiger partial charge in [0.15, 0.2) is 0 Å². The molecule has 210 valence electrons. The van der Waals surface area contributed by atoms with Crippen LogP contribution >= 0.6 is 0 Å². The van der Waals surface area contributed by atoms with Crippen LogP contribution in [0.1, 0.15) is 29.8 Å². The highest BCUT2D eigenvalue weighted by Gasteiger charge is 2.37. The van der Waals surface area contributed by atoms with E-state index < -0.39 is 23.8 Å². The minimum atomic E-state index is -4.59. The number of aromatic nitrogens is 3. The molecule has 40 heavy (non-hydrogen) atoms. The summed E-state index contributed by atoms with van der Waals surface area (Å²) in [6.45, 7) is 3.95. The number of nitrogens with one attached hydrogen (secondary N) is 1. The fourth-order valence-corrected chi connectivity index (χ4v) is 4.50. The van der Waals surface area contributed by atoms with Crippen molar-refractivity contribution in [1.29, 1.82) is 0 Å². The van der Waals surface area contributed by atoms with Crippen LogP contribution in [-0.2, 0) is 17.5 Å². The van der Waals surface area contributed by atoms with Crippen LogP contribution in [0.4, 0.5) is 37.8 Å². The molecule has 3 heterocycles. The van der Waals surface area contributed by atoms with Gasteiger partial charge in [0.05, 0.1) is 42.5 Å². The molecule has 0 bridgehead atoms. The summed E-state index contributed by atoms with van der Waals surface area (Å²) in [4.78, 5) is 15.4. The number of anilines is 2. The third-order valence-electron chi connectivity index (χ3n) is 6.76. The molecule has 1 aliphatic heterocycles. The molecule has 0 radical (unpaired) electrons. The van der Waals surface area contributed by atoms with Crippen LogP contribution in [-0.4, -0.2) is 52.3 Å². The normalized spacial score (nSPS) is 15.8. The van der Waals surface area contributed by atoms with Crippen LogP contribution in [0.5, 0.6) is 0 Å². The van der Waals surface area contributed by atoms with Gasteiger partial charge < -0.3 is 10.1 Å². The molecule has 5 rings (SSSR count). The first-order chi connectivity index (χ1) is 19.0. The lowest BCUT2D eigenvalue weighted by atomic mass is 10.0. The molecule has 1 saturated heterocycles. The van der Waals surface area contributed by atoms with Gasteiger partial charge in [-0.25, -0.2) is 9.97 Å². The summed E-state index contributed by atoms with van der Waals surface area (Å²) in [5, 5.41) is 3.69. The van der Waals surface area contributed by atoms with E-state index in [0.717, 1.165) is 13.0 Å². The number of alkyl halides is 6. The van der Waals surface area contributed by atoms with Crippen molar-refractivity contribution in [3.8, 4) is 11.3 Å². The van der Waals surface area contributed by atoms with Crippen molar-refractivity contribution >= 4 is 22.4 Å². The lowest BCUT2D eigenvalue weighted by Gasteiger charge is -2.26. The molecular formula is C28H25F6N5O. The summed E-state index contributed by atoms with van der Waals surface area (Å²) in [5.41, 5.74) is 0.201. The number of ether oxygens (including phenoxy) is 1. The largest absolute Gasteiger partial charge is 0.418 e. The number of rotatable bonds is 6. The fourth-order valence-electron chi connectivity index (χ4n) is 4.50. The van der Waals surface area contributed by atoms with Crippen molar-refractivity contribution in [2.45, 2.75) is 31.7 Å². The average molecular weight is 562 g/mol. The number of hydrogen-bond donors (Lipinski definition) is 1. The van der Waals surface area contributed by atoms with Gasteiger partial charge in [0.2, 0.25) is 0 Å². The molecule has 2 aromatic carbocycles. The first kappa shape index (κ1) is 27.8. The highest BCUT2D eigenvalue weighted by Crippen LogP contribution is 2.38. The number of fused-ring (bicyclic) bond motifs is 1. The summed E-state index contributed by atoms with van der Waals surface area (Å²) in [7, 11) is 0. The molecule has 4 aromatic rings. The second-order valence-electron chi connectivity index (χ2n) is 9.52. The van der Waals surface area contributed by atoms with Crippen molar-refractivity contribution in [1.82, 2.24) is 19.9 Å². The molecule has 0 amide bonds. The summed E-state index contributed by atoms with van der Waals surface area (Å²) in [6, 6.07) is 12.7. The standard InChI is InChI=1S/C28H25F6N5O/c1-17(27(29,30)31)18-4-7-20(8-5-18)36-26-21-9-6-19(25-22(28(32,33)34)3-2-10-35-25)15-23(21)37-24(38-26)16-39-11-13-40-14-12-39/h2-10,15,17H,11-14,16H2,1H3,(H,36,37,38). The van der Waals surface area contributed by atoms with Gasteiger partial charge in [-0.2, -0.15) is 26.3 Å². The van der Waals surface area contributed by atoms with E-state index >= 15 is 0 Å². The molecule has 1 fully saturated rings. The number of hydrogen-bond acceptors (Lipinski definition) is 6. The van der Waals surface area contributed by atoms with Crippen molar-refractivity contribution in [2.75, 3.05) is 31.6 Å². The third-order valence-corrected chi connectivity index (χ3v) is 6.76. The van der Waals surface area contributed by atoms with Gasteiger partial charge in [-0.15, -0.1) is 0 Å². The Labute approximate surface area is 226 Å². The zero-order valence-corrected chi connectivity index (χ0v) is 21.4. The highest BCUT2D eigenvalue weighted by molar-refractivity contribution is 5.93. The van der Waals surface area contributed by atoms with Gasteiger partial charge in [0.25, 0.3) is 0 Å². The number of halogens is 6. The number of benzene rings is 2. The Morgan fingerprint density at radius 1 is 0.950 bits per heavy atom. The zero-order chi connectivity index (χ0) is 28.5. The smallest absolute Gasteiger partial charge is 0.379 e. The number of nitrogens with zero attached hydrogens (tertiary/aromatic N) is 4. The molecule has 1 atom stereocenters. The summed E-state index contributed by atoms with van der Waals surface area (Å²) >= 11 is 0. The topological polar surface area (TPSA) is 63.2 Å². The first-order valence-electron chi connectivity index (χ1n) is 12.6. The van der Waals surface area contributed by atoms with E-state index in [1.807, 2.05) is 0 Å². The van der Waals surface area contributed by atoms with Crippen LogP contribution in [0, 0.1) is 0 Å². The molecule has 1 aliphatic rings.